The molecule has 0 bridgehead atoms. The van der Waals surface area contributed by atoms with E-state index < -0.39 is 5.97 Å². The smallest absolute Gasteiger partial charge is 0.337 e. The van der Waals surface area contributed by atoms with Crippen LogP contribution in [-0.2, 0) is 19.0 Å². The van der Waals surface area contributed by atoms with Crippen molar-refractivity contribution in [2.24, 2.45) is 0 Å². The fraction of sp³-hybridized carbons (Fsp3) is 0.444. The molecule has 0 saturated heterocycles. The van der Waals surface area contributed by atoms with Crippen molar-refractivity contribution in [2.75, 3.05) is 68.6 Å². The number of unbranched alkanes of at least 4 members (excludes halogenated alkanes) is 1. The van der Waals surface area contributed by atoms with Gasteiger partial charge in [-0.3, -0.25) is 0 Å². The van der Waals surface area contributed by atoms with Gasteiger partial charge in [-0.2, -0.15) is 0 Å². The monoisotopic (exact) mass is 504 g/mol. The second-order valence-corrected chi connectivity index (χ2v) is 7.54. The van der Waals surface area contributed by atoms with Crippen LogP contribution in [0.1, 0.15) is 24.0 Å². The first-order valence-electron chi connectivity index (χ1n) is 11.6. The van der Waals surface area contributed by atoms with Gasteiger partial charge < -0.3 is 37.9 Å². The molecule has 0 aromatic heterocycles. The van der Waals surface area contributed by atoms with Crippen LogP contribution < -0.4 is 23.7 Å². The number of benzene rings is 2. The molecule has 0 radical (unpaired) electrons. The quantitative estimate of drug-likeness (QED) is 0.136. The molecule has 0 unspecified atom stereocenters. The summed E-state index contributed by atoms with van der Waals surface area (Å²) in [5.74, 6) is 1.88. The van der Waals surface area contributed by atoms with Crippen LogP contribution in [0.4, 0.5) is 0 Å². The van der Waals surface area contributed by atoms with Gasteiger partial charge >= 0.3 is 5.97 Å². The van der Waals surface area contributed by atoms with Gasteiger partial charge in [-0.05, 0) is 48.2 Å². The highest BCUT2D eigenvalue weighted by atomic mass is 16.6. The summed E-state index contributed by atoms with van der Waals surface area (Å²) in [5.41, 5.74) is 1.65. The first kappa shape index (κ1) is 29.0. The summed E-state index contributed by atoms with van der Waals surface area (Å²) in [6.07, 6.45) is 5.39. The van der Waals surface area contributed by atoms with E-state index in [4.69, 9.17) is 37.9 Å². The van der Waals surface area contributed by atoms with E-state index in [0.29, 0.717) is 55.2 Å². The number of hydrogen-bond acceptors (Lipinski definition) is 9. The van der Waals surface area contributed by atoms with Crippen LogP contribution in [0.25, 0.3) is 12.2 Å². The van der Waals surface area contributed by atoms with Crippen molar-refractivity contribution in [3.8, 4) is 28.7 Å². The lowest BCUT2D eigenvalue weighted by atomic mass is 10.1. The minimum absolute atomic E-state index is 0.154. The summed E-state index contributed by atoms with van der Waals surface area (Å²) in [6.45, 7) is 2.07. The van der Waals surface area contributed by atoms with Gasteiger partial charge in [0, 0.05) is 20.3 Å². The second kappa shape index (κ2) is 16.4. The molecule has 9 nitrogen and oxygen atoms in total. The fourth-order valence-corrected chi connectivity index (χ4v) is 3.23. The summed E-state index contributed by atoms with van der Waals surface area (Å²) in [7, 11) is 7.84. The van der Waals surface area contributed by atoms with Crippen molar-refractivity contribution in [1.82, 2.24) is 0 Å². The van der Waals surface area contributed by atoms with E-state index in [0.717, 1.165) is 24.0 Å². The highest BCUT2D eigenvalue weighted by Gasteiger charge is 2.13. The number of rotatable bonds is 17. The maximum Gasteiger partial charge on any atom is 0.337 e. The van der Waals surface area contributed by atoms with E-state index >= 15 is 0 Å². The minimum atomic E-state index is -0.504. The van der Waals surface area contributed by atoms with Gasteiger partial charge in [0.1, 0.15) is 6.61 Å². The van der Waals surface area contributed by atoms with Gasteiger partial charge in [-0.25, -0.2) is 4.79 Å². The number of carbonyl (C=O) groups excluding carboxylic acids is 1. The molecule has 2 aromatic carbocycles. The lowest BCUT2D eigenvalue weighted by Gasteiger charge is -2.13. The molecule has 2 rings (SSSR count). The zero-order valence-corrected chi connectivity index (χ0v) is 21.7. The van der Waals surface area contributed by atoms with Crippen LogP contribution in [0.15, 0.2) is 30.3 Å². The number of ether oxygens (including phenoxy) is 8. The Morgan fingerprint density at radius 2 is 1.28 bits per heavy atom. The fourth-order valence-electron chi connectivity index (χ4n) is 3.23. The third kappa shape index (κ3) is 9.41. The molecular weight excluding hydrogens is 468 g/mol. The Bertz CT molecular complexity index is 947. The average Bonchev–Trinajstić information content (AvgIpc) is 2.90. The topological polar surface area (TPSA) is 90.9 Å². The predicted molar refractivity (Wildman–Crippen MR) is 136 cm³/mol. The molecule has 36 heavy (non-hydrogen) atoms. The zero-order valence-electron chi connectivity index (χ0n) is 21.7. The minimum Gasteiger partial charge on any atom is -0.493 e. The van der Waals surface area contributed by atoms with Gasteiger partial charge in [-0.1, -0.05) is 18.2 Å². The maximum atomic E-state index is 12.3. The standard InChI is InChI=1S/C27H36O9/c1-29-14-15-34-12-6-7-13-35-19-26(28)36-23-16-20(10-11-22(23)30-2)8-9-21-17-24(31-3)27(33-5)25(18-21)32-4/h8-11,16-18H,6-7,12-15,19H2,1-5H3. The van der Waals surface area contributed by atoms with Crippen molar-refractivity contribution < 1.29 is 42.7 Å². The lowest BCUT2D eigenvalue weighted by molar-refractivity contribution is -0.139. The largest absolute Gasteiger partial charge is 0.493 e. The highest BCUT2D eigenvalue weighted by Crippen LogP contribution is 2.38. The molecular formula is C27H36O9. The highest BCUT2D eigenvalue weighted by molar-refractivity contribution is 5.77. The van der Waals surface area contributed by atoms with E-state index in [9.17, 15) is 4.79 Å². The molecule has 2 aromatic rings. The van der Waals surface area contributed by atoms with Crippen molar-refractivity contribution in [3.05, 3.63) is 41.5 Å². The van der Waals surface area contributed by atoms with E-state index in [2.05, 4.69) is 0 Å². The van der Waals surface area contributed by atoms with Crippen molar-refractivity contribution in [1.29, 1.82) is 0 Å². The van der Waals surface area contributed by atoms with Crippen LogP contribution in [0, 0.1) is 0 Å². The molecule has 0 atom stereocenters. The maximum absolute atomic E-state index is 12.3. The summed E-state index contributed by atoms with van der Waals surface area (Å²) in [4.78, 5) is 12.3. The molecule has 0 aliphatic rings. The Kier molecular flexibility index (Phi) is 13.2. The molecule has 0 spiro atoms. The molecule has 0 saturated carbocycles. The van der Waals surface area contributed by atoms with Gasteiger partial charge in [0.2, 0.25) is 5.75 Å². The normalized spacial score (nSPS) is 10.9. The van der Waals surface area contributed by atoms with E-state index in [-0.39, 0.29) is 6.61 Å². The SMILES string of the molecule is COCCOCCCCOCC(=O)Oc1cc(C=Cc2cc(OC)c(OC)c(OC)c2)ccc1OC. The molecule has 0 aliphatic heterocycles. The van der Waals surface area contributed by atoms with Gasteiger partial charge in [0.05, 0.1) is 41.7 Å². The molecule has 0 aliphatic carbocycles. The summed E-state index contributed by atoms with van der Waals surface area (Å²) >= 11 is 0. The molecule has 0 amide bonds. The van der Waals surface area contributed by atoms with E-state index in [1.54, 1.807) is 40.6 Å². The van der Waals surface area contributed by atoms with Crippen LogP contribution >= 0.6 is 0 Å². The summed E-state index contributed by atoms with van der Waals surface area (Å²) in [5, 5.41) is 0. The third-order valence-corrected chi connectivity index (χ3v) is 5.05. The van der Waals surface area contributed by atoms with Crippen molar-refractivity contribution >= 4 is 18.1 Å². The first-order chi connectivity index (χ1) is 17.6. The van der Waals surface area contributed by atoms with E-state index in [1.165, 1.54) is 7.11 Å². The van der Waals surface area contributed by atoms with Gasteiger partial charge in [-0.15, -0.1) is 0 Å². The number of esters is 1. The van der Waals surface area contributed by atoms with Crippen LogP contribution in [-0.4, -0.2) is 74.6 Å². The molecule has 0 N–H and O–H groups in total. The molecule has 9 heteroatoms. The molecule has 0 heterocycles. The number of methoxy groups -OCH3 is 5. The van der Waals surface area contributed by atoms with E-state index in [1.807, 2.05) is 30.4 Å². The Morgan fingerprint density at radius 1 is 0.667 bits per heavy atom. The van der Waals surface area contributed by atoms with Crippen molar-refractivity contribution in [3.63, 3.8) is 0 Å². The lowest BCUT2D eigenvalue weighted by Crippen LogP contribution is -2.16. The number of hydrogen-bond donors (Lipinski definition) is 0. The Hall–Kier alpha value is -3.27. The van der Waals surface area contributed by atoms with Gasteiger partial charge in [0.15, 0.2) is 23.0 Å². The Labute approximate surface area is 212 Å². The Morgan fingerprint density at radius 3 is 1.89 bits per heavy atom. The third-order valence-electron chi connectivity index (χ3n) is 5.05. The summed E-state index contributed by atoms with van der Waals surface area (Å²) in [6, 6.07) is 9.00. The van der Waals surface area contributed by atoms with Crippen LogP contribution in [0.3, 0.4) is 0 Å². The Balaban J connectivity index is 1.95. The average molecular weight is 505 g/mol. The zero-order chi connectivity index (χ0) is 26.2. The van der Waals surface area contributed by atoms with Crippen LogP contribution in [0.5, 0.6) is 28.7 Å². The second-order valence-electron chi connectivity index (χ2n) is 7.54. The molecule has 198 valence electrons. The van der Waals surface area contributed by atoms with Crippen molar-refractivity contribution in [2.45, 2.75) is 12.8 Å². The molecule has 0 fully saturated rings. The first-order valence-corrected chi connectivity index (χ1v) is 11.6. The van der Waals surface area contributed by atoms with Crippen LogP contribution in [0.2, 0.25) is 0 Å². The van der Waals surface area contributed by atoms with Gasteiger partial charge in [0.25, 0.3) is 0 Å². The number of carbonyl (C=O) groups is 1. The summed E-state index contributed by atoms with van der Waals surface area (Å²) < 4.78 is 42.7. The predicted octanol–water partition coefficient (Wildman–Crippen LogP) is 4.26.